The fourth-order valence-electron chi connectivity index (χ4n) is 2.61. The number of carbonyl (C=O) groups is 1. The standard InChI is InChI=1S/C15H20FNO2/c1-11(17-8-7-12(9-17)10-19-2)15(18)13-3-5-14(16)6-4-13/h3-6,11-12H,7-10H2,1-2H3. The maximum Gasteiger partial charge on any atom is 0.179 e. The Morgan fingerprint density at radius 3 is 2.79 bits per heavy atom. The van der Waals surface area contributed by atoms with Gasteiger partial charge in [0, 0.05) is 19.2 Å². The number of methoxy groups -OCH3 is 1. The number of likely N-dealkylation sites (tertiary alicyclic amines) is 1. The summed E-state index contributed by atoms with van der Waals surface area (Å²) in [6.07, 6.45) is 1.06. The quantitative estimate of drug-likeness (QED) is 0.765. The van der Waals surface area contributed by atoms with Crippen molar-refractivity contribution >= 4 is 5.78 Å². The van der Waals surface area contributed by atoms with Crippen LogP contribution in [0.1, 0.15) is 23.7 Å². The van der Waals surface area contributed by atoms with E-state index in [1.54, 1.807) is 19.2 Å². The van der Waals surface area contributed by atoms with Gasteiger partial charge in [-0.25, -0.2) is 4.39 Å². The van der Waals surface area contributed by atoms with Crippen LogP contribution in [-0.2, 0) is 4.74 Å². The highest BCUT2D eigenvalue weighted by atomic mass is 19.1. The second-order valence-electron chi connectivity index (χ2n) is 5.15. The number of Topliss-reactive ketones (excluding diaryl/α,β-unsaturated/α-hetero) is 1. The topological polar surface area (TPSA) is 29.5 Å². The lowest BCUT2D eigenvalue weighted by Gasteiger charge is -2.23. The van der Waals surface area contributed by atoms with Crippen LogP contribution >= 0.6 is 0 Å². The van der Waals surface area contributed by atoms with E-state index in [-0.39, 0.29) is 17.6 Å². The first-order valence-corrected chi connectivity index (χ1v) is 6.64. The number of carbonyl (C=O) groups excluding carboxylic acids is 1. The highest BCUT2D eigenvalue weighted by Crippen LogP contribution is 2.20. The summed E-state index contributed by atoms with van der Waals surface area (Å²) in [5.74, 6) is 0.247. The number of rotatable bonds is 5. The summed E-state index contributed by atoms with van der Waals surface area (Å²) >= 11 is 0. The van der Waals surface area contributed by atoms with Crippen LogP contribution in [0.5, 0.6) is 0 Å². The van der Waals surface area contributed by atoms with E-state index >= 15 is 0 Å². The number of ether oxygens (including phenoxy) is 1. The highest BCUT2D eigenvalue weighted by Gasteiger charge is 2.29. The summed E-state index contributed by atoms with van der Waals surface area (Å²) in [5.41, 5.74) is 0.573. The minimum atomic E-state index is -0.314. The van der Waals surface area contributed by atoms with E-state index in [0.717, 1.165) is 26.1 Å². The van der Waals surface area contributed by atoms with Crippen LogP contribution in [0.3, 0.4) is 0 Å². The van der Waals surface area contributed by atoms with Crippen molar-refractivity contribution < 1.29 is 13.9 Å². The van der Waals surface area contributed by atoms with Crippen LogP contribution in [0.4, 0.5) is 4.39 Å². The van der Waals surface area contributed by atoms with Crippen molar-refractivity contribution in [1.82, 2.24) is 4.90 Å². The summed E-state index contributed by atoms with van der Waals surface area (Å²) in [6, 6.07) is 5.61. The molecule has 2 atom stereocenters. The van der Waals surface area contributed by atoms with Gasteiger partial charge in [-0.3, -0.25) is 9.69 Å². The molecule has 4 heteroatoms. The van der Waals surface area contributed by atoms with Crippen molar-refractivity contribution in [2.24, 2.45) is 5.92 Å². The number of halogens is 1. The molecule has 0 saturated carbocycles. The SMILES string of the molecule is COCC1CCN(C(C)C(=O)c2ccc(F)cc2)C1. The molecule has 104 valence electrons. The van der Waals surface area contributed by atoms with Gasteiger partial charge in [-0.05, 0) is 50.1 Å². The average Bonchev–Trinajstić information content (AvgIpc) is 2.87. The Kier molecular flexibility index (Phi) is 4.66. The molecule has 3 nitrogen and oxygen atoms in total. The molecule has 0 aliphatic carbocycles. The van der Waals surface area contributed by atoms with Gasteiger partial charge >= 0.3 is 0 Å². The lowest BCUT2D eigenvalue weighted by Crippen LogP contribution is -2.37. The Bertz CT molecular complexity index is 432. The number of ketones is 1. The fraction of sp³-hybridized carbons (Fsp3) is 0.533. The van der Waals surface area contributed by atoms with Gasteiger partial charge in [-0.1, -0.05) is 0 Å². The predicted octanol–water partition coefficient (Wildman–Crippen LogP) is 2.37. The Labute approximate surface area is 113 Å². The molecule has 1 aliphatic rings. The normalized spacial score (nSPS) is 21.5. The first kappa shape index (κ1) is 14.2. The Morgan fingerprint density at radius 1 is 1.47 bits per heavy atom. The van der Waals surface area contributed by atoms with Gasteiger partial charge in [-0.15, -0.1) is 0 Å². The van der Waals surface area contributed by atoms with Crippen molar-refractivity contribution in [1.29, 1.82) is 0 Å². The lowest BCUT2D eigenvalue weighted by atomic mass is 10.0. The largest absolute Gasteiger partial charge is 0.384 e. The fourth-order valence-corrected chi connectivity index (χ4v) is 2.61. The van der Waals surface area contributed by atoms with Crippen LogP contribution < -0.4 is 0 Å². The van der Waals surface area contributed by atoms with Crippen molar-refractivity contribution in [3.63, 3.8) is 0 Å². The van der Waals surface area contributed by atoms with Crippen molar-refractivity contribution in [3.8, 4) is 0 Å². The van der Waals surface area contributed by atoms with Crippen LogP contribution in [0.15, 0.2) is 24.3 Å². The van der Waals surface area contributed by atoms with Crippen molar-refractivity contribution in [2.75, 3.05) is 26.8 Å². The number of hydrogen-bond acceptors (Lipinski definition) is 3. The zero-order valence-electron chi connectivity index (χ0n) is 11.4. The zero-order chi connectivity index (χ0) is 13.8. The van der Waals surface area contributed by atoms with Crippen LogP contribution in [0.25, 0.3) is 0 Å². The monoisotopic (exact) mass is 265 g/mol. The molecule has 19 heavy (non-hydrogen) atoms. The summed E-state index contributed by atoms with van der Waals surface area (Å²) in [6.45, 7) is 4.47. The molecule has 0 radical (unpaired) electrons. The maximum atomic E-state index is 12.9. The molecule has 1 aromatic rings. The van der Waals surface area contributed by atoms with E-state index in [0.29, 0.717) is 11.5 Å². The molecule has 0 bridgehead atoms. The summed E-state index contributed by atoms with van der Waals surface area (Å²) in [4.78, 5) is 14.5. The van der Waals surface area contributed by atoms with Crippen molar-refractivity contribution in [3.05, 3.63) is 35.6 Å². The minimum Gasteiger partial charge on any atom is -0.384 e. The van der Waals surface area contributed by atoms with Gasteiger partial charge < -0.3 is 4.74 Å². The van der Waals surface area contributed by atoms with E-state index in [1.165, 1.54) is 12.1 Å². The van der Waals surface area contributed by atoms with E-state index in [1.807, 2.05) is 6.92 Å². The summed E-state index contributed by atoms with van der Waals surface area (Å²) in [7, 11) is 1.70. The van der Waals surface area contributed by atoms with Crippen LogP contribution in [0.2, 0.25) is 0 Å². The van der Waals surface area contributed by atoms with E-state index in [9.17, 15) is 9.18 Å². The molecule has 0 N–H and O–H groups in total. The van der Waals surface area contributed by atoms with E-state index < -0.39 is 0 Å². The van der Waals surface area contributed by atoms with Gasteiger partial charge in [0.15, 0.2) is 5.78 Å². The van der Waals surface area contributed by atoms with Gasteiger partial charge in [-0.2, -0.15) is 0 Å². The van der Waals surface area contributed by atoms with Gasteiger partial charge in [0.1, 0.15) is 5.82 Å². The van der Waals surface area contributed by atoms with Crippen molar-refractivity contribution in [2.45, 2.75) is 19.4 Å². The zero-order valence-corrected chi connectivity index (χ0v) is 11.4. The first-order chi connectivity index (χ1) is 9.11. The van der Waals surface area contributed by atoms with Gasteiger partial charge in [0.05, 0.1) is 12.6 Å². The maximum absolute atomic E-state index is 12.9. The molecule has 1 heterocycles. The molecular formula is C15H20FNO2. The Hall–Kier alpha value is -1.26. The Morgan fingerprint density at radius 2 is 2.16 bits per heavy atom. The minimum absolute atomic E-state index is 0.0538. The van der Waals surface area contributed by atoms with Crippen LogP contribution in [-0.4, -0.2) is 43.5 Å². The molecule has 0 amide bonds. The van der Waals surface area contributed by atoms with Gasteiger partial charge in [0.2, 0.25) is 0 Å². The third-order valence-electron chi connectivity index (χ3n) is 3.78. The van der Waals surface area contributed by atoms with Crippen LogP contribution in [0, 0.1) is 11.7 Å². The third kappa shape index (κ3) is 3.39. The highest BCUT2D eigenvalue weighted by molar-refractivity contribution is 5.99. The second kappa shape index (κ2) is 6.26. The lowest BCUT2D eigenvalue weighted by molar-refractivity contribution is 0.0852. The molecule has 0 spiro atoms. The average molecular weight is 265 g/mol. The number of nitrogens with zero attached hydrogens (tertiary/aromatic N) is 1. The van der Waals surface area contributed by atoms with E-state index in [2.05, 4.69) is 4.90 Å². The number of hydrogen-bond donors (Lipinski definition) is 0. The molecular weight excluding hydrogens is 245 g/mol. The first-order valence-electron chi connectivity index (χ1n) is 6.64. The molecule has 1 saturated heterocycles. The predicted molar refractivity (Wildman–Crippen MR) is 71.7 cm³/mol. The summed E-state index contributed by atoms with van der Waals surface area (Å²) in [5, 5.41) is 0. The molecule has 1 aromatic carbocycles. The smallest absolute Gasteiger partial charge is 0.179 e. The summed E-state index contributed by atoms with van der Waals surface area (Å²) < 4.78 is 18.0. The molecule has 1 aliphatic heterocycles. The molecule has 1 fully saturated rings. The Balaban J connectivity index is 1.98. The van der Waals surface area contributed by atoms with Gasteiger partial charge in [0.25, 0.3) is 0 Å². The van der Waals surface area contributed by atoms with E-state index in [4.69, 9.17) is 4.74 Å². The number of benzene rings is 1. The molecule has 2 unspecified atom stereocenters. The third-order valence-corrected chi connectivity index (χ3v) is 3.78. The molecule has 2 rings (SSSR count). The molecule has 0 aromatic heterocycles. The second-order valence-corrected chi connectivity index (χ2v) is 5.15.